The van der Waals surface area contributed by atoms with Gasteiger partial charge in [0.1, 0.15) is 11.2 Å². The fourth-order valence-corrected chi connectivity index (χ4v) is 11.4. The number of rotatable bonds is 5. The molecule has 4 heterocycles. The maximum absolute atomic E-state index is 6.39. The van der Waals surface area contributed by atoms with Gasteiger partial charge in [0.25, 0.3) is 0 Å². The highest BCUT2D eigenvalue weighted by atomic mass is 16.3. The zero-order valence-corrected chi connectivity index (χ0v) is 35.4. The first-order chi connectivity index (χ1) is 31.0. The number of para-hydroxylation sites is 2. The van der Waals surface area contributed by atoms with Crippen molar-refractivity contribution >= 4 is 76.7 Å². The van der Waals surface area contributed by atoms with Gasteiger partial charge in [-0.05, 0) is 111 Å². The minimum atomic E-state index is -0.277. The van der Waals surface area contributed by atoms with Crippen molar-refractivity contribution in [1.82, 2.24) is 9.55 Å². The Labute approximate surface area is 365 Å². The van der Waals surface area contributed by atoms with Crippen LogP contribution in [0.3, 0.4) is 0 Å². The van der Waals surface area contributed by atoms with Gasteiger partial charge in [0.2, 0.25) is 0 Å². The normalized spacial score (nSPS) is 17.0. The highest BCUT2D eigenvalue weighted by Crippen LogP contribution is 2.58. The van der Waals surface area contributed by atoms with Crippen molar-refractivity contribution in [2.24, 2.45) is 10.9 Å². The Kier molecular flexibility index (Phi) is 7.72. The molecule has 0 bridgehead atoms. The number of aliphatic imine (C=N–C) groups is 1. The highest BCUT2D eigenvalue weighted by molar-refractivity contribution is 6.18. The molecule has 0 N–H and O–H groups in total. The molecule has 4 nitrogen and oxygen atoms in total. The molecule has 3 aromatic heterocycles. The van der Waals surface area contributed by atoms with E-state index in [1.165, 1.54) is 88.0 Å². The maximum Gasteiger partial charge on any atom is 0.135 e. The summed E-state index contributed by atoms with van der Waals surface area (Å²) in [5, 5.41) is 9.74. The second-order valence-electron chi connectivity index (χ2n) is 18.0. The lowest BCUT2D eigenvalue weighted by Crippen LogP contribution is -2.33. The van der Waals surface area contributed by atoms with Crippen molar-refractivity contribution in [2.75, 3.05) is 0 Å². The molecule has 2 unspecified atom stereocenters. The third-order valence-electron chi connectivity index (χ3n) is 14.3. The Morgan fingerprint density at radius 3 is 2.14 bits per heavy atom. The summed E-state index contributed by atoms with van der Waals surface area (Å²) in [5.41, 5.74) is 16.2. The van der Waals surface area contributed by atoms with Crippen molar-refractivity contribution in [1.29, 1.82) is 0 Å². The summed E-state index contributed by atoms with van der Waals surface area (Å²) in [5.74, 6) is 0.188. The van der Waals surface area contributed by atoms with E-state index < -0.39 is 0 Å². The lowest BCUT2D eigenvalue weighted by atomic mass is 9.65. The van der Waals surface area contributed by atoms with Crippen LogP contribution in [-0.2, 0) is 5.41 Å². The lowest BCUT2D eigenvalue weighted by Gasteiger charge is -2.39. The summed E-state index contributed by atoms with van der Waals surface area (Å²) in [6.07, 6.45) is 4.68. The van der Waals surface area contributed by atoms with E-state index in [1.54, 1.807) is 0 Å². The molecule has 2 atom stereocenters. The van der Waals surface area contributed by atoms with Gasteiger partial charge in [0.05, 0.1) is 28.1 Å². The SMILES string of the molecule is CCC1C(c2cccc3c(-n4c5ccccc5c5cc6ccccc6cc54)cccc23)=NC2=C(C1c1ccc3oc4ccccc4c3c1)C(C)(C)c1cc(-c3ccncc3)ccc12. The van der Waals surface area contributed by atoms with Crippen molar-refractivity contribution in [3.05, 3.63) is 210 Å². The third kappa shape index (κ3) is 5.21. The van der Waals surface area contributed by atoms with Gasteiger partial charge >= 0.3 is 0 Å². The van der Waals surface area contributed by atoms with Crippen molar-refractivity contribution in [3.8, 4) is 16.8 Å². The van der Waals surface area contributed by atoms with Crippen molar-refractivity contribution in [2.45, 2.75) is 38.5 Å². The summed E-state index contributed by atoms with van der Waals surface area (Å²) in [6, 6.07) is 62.5. The number of fused-ring (bicyclic) bond motifs is 10. The molecule has 8 aromatic carbocycles. The summed E-state index contributed by atoms with van der Waals surface area (Å²) < 4.78 is 8.87. The Morgan fingerprint density at radius 2 is 1.29 bits per heavy atom. The minimum Gasteiger partial charge on any atom is -0.456 e. The number of benzene rings is 8. The molecule has 63 heavy (non-hydrogen) atoms. The van der Waals surface area contributed by atoms with Crippen LogP contribution in [0.1, 0.15) is 55.4 Å². The molecule has 300 valence electrons. The minimum absolute atomic E-state index is 0.0754. The molecule has 4 heteroatoms. The van der Waals surface area contributed by atoms with Gasteiger partial charge in [-0.1, -0.05) is 130 Å². The summed E-state index contributed by atoms with van der Waals surface area (Å²) in [6.45, 7) is 7.17. The molecule has 11 aromatic rings. The molecule has 1 aliphatic carbocycles. The fraction of sp³-hybridized carbons (Fsp3) is 0.119. The van der Waals surface area contributed by atoms with Gasteiger partial charge in [-0.2, -0.15) is 0 Å². The molecule has 1 aliphatic heterocycles. The van der Waals surface area contributed by atoms with E-state index in [0.29, 0.717) is 0 Å². The topological polar surface area (TPSA) is 43.3 Å². The molecule has 0 amide bonds. The first-order valence-corrected chi connectivity index (χ1v) is 22.2. The van der Waals surface area contributed by atoms with Crippen LogP contribution < -0.4 is 0 Å². The zero-order valence-electron chi connectivity index (χ0n) is 35.4. The second kappa shape index (κ2) is 13.5. The van der Waals surface area contributed by atoms with Crippen LogP contribution >= 0.6 is 0 Å². The molecule has 0 spiro atoms. The van der Waals surface area contributed by atoms with Gasteiger partial charge in [-0.3, -0.25) is 9.98 Å². The standard InChI is InChI=1S/C59H43N3O/c1-4-40-55(39-24-26-54-48(32-39)44-16-8-10-22-53(44)63-54)56-58(46-25-23-38(33-49(46)59(56,2)3)35-27-29-60-30-28-35)61-57(40)45-19-11-18-42-41(45)17-12-21-51(42)62-50-20-9-7-15-43(50)47-31-36-13-5-6-14-37(36)34-52(47)62/h5-34,40,55H,4H2,1-3H3. The van der Waals surface area contributed by atoms with Crippen LogP contribution in [0, 0.1) is 5.92 Å². The van der Waals surface area contributed by atoms with Gasteiger partial charge in [0, 0.05) is 67.7 Å². The van der Waals surface area contributed by atoms with Crippen LogP contribution in [0.25, 0.3) is 87.8 Å². The summed E-state index contributed by atoms with van der Waals surface area (Å²) in [7, 11) is 0. The first-order valence-electron chi connectivity index (χ1n) is 22.2. The monoisotopic (exact) mass is 809 g/mol. The van der Waals surface area contributed by atoms with Crippen LogP contribution in [0.4, 0.5) is 0 Å². The molecule has 0 fully saturated rings. The summed E-state index contributed by atoms with van der Waals surface area (Å²) >= 11 is 0. The molecule has 2 aliphatic rings. The highest BCUT2D eigenvalue weighted by Gasteiger charge is 2.48. The van der Waals surface area contributed by atoms with Crippen molar-refractivity contribution in [3.63, 3.8) is 0 Å². The quantitative estimate of drug-likeness (QED) is 0.174. The molecular weight excluding hydrogens is 767 g/mol. The lowest BCUT2D eigenvalue weighted by molar-refractivity contribution is 0.495. The smallest absolute Gasteiger partial charge is 0.135 e. The number of allylic oxidation sites excluding steroid dienone is 1. The molecular formula is C59H43N3O. The van der Waals surface area contributed by atoms with Crippen LogP contribution in [0.15, 0.2) is 197 Å². The Morgan fingerprint density at radius 1 is 0.556 bits per heavy atom. The average molecular weight is 810 g/mol. The number of furan rings is 1. The Bertz CT molecular complexity index is 3770. The second-order valence-corrected chi connectivity index (χ2v) is 18.0. The zero-order chi connectivity index (χ0) is 42.0. The van der Waals surface area contributed by atoms with E-state index >= 15 is 0 Å². The van der Waals surface area contributed by atoms with E-state index in [1.807, 2.05) is 12.4 Å². The average Bonchev–Trinajstić information content (AvgIpc) is 3.94. The maximum atomic E-state index is 6.39. The number of pyridine rings is 1. The van der Waals surface area contributed by atoms with E-state index in [2.05, 4.69) is 200 Å². The first kappa shape index (κ1) is 36.1. The van der Waals surface area contributed by atoms with Gasteiger partial charge in [-0.15, -0.1) is 0 Å². The predicted molar refractivity (Wildman–Crippen MR) is 262 cm³/mol. The molecule has 0 radical (unpaired) electrons. The van der Waals surface area contributed by atoms with E-state index in [-0.39, 0.29) is 17.3 Å². The van der Waals surface area contributed by atoms with E-state index in [9.17, 15) is 0 Å². The van der Waals surface area contributed by atoms with Crippen LogP contribution in [0.5, 0.6) is 0 Å². The number of aromatic nitrogens is 2. The van der Waals surface area contributed by atoms with Gasteiger partial charge in [-0.25, -0.2) is 0 Å². The Hall–Kier alpha value is -7.56. The van der Waals surface area contributed by atoms with Crippen LogP contribution in [-0.4, -0.2) is 15.3 Å². The molecule has 13 rings (SSSR count). The van der Waals surface area contributed by atoms with E-state index in [4.69, 9.17) is 9.41 Å². The largest absolute Gasteiger partial charge is 0.456 e. The fourth-order valence-electron chi connectivity index (χ4n) is 11.4. The third-order valence-corrected chi connectivity index (χ3v) is 14.3. The van der Waals surface area contributed by atoms with E-state index in [0.717, 1.165) is 39.8 Å². The number of hydrogen-bond acceptors (Lipinski definition) is 3. The van der Waals surface area contributed by atoms with Gasteiger partial charge < -0.3 is 8.98 Å². The van der Waals surface area contributed by atoms with Gasteiger partial charge in [0.15, 0.2) is 0 Å². The predicted octanol–water partition coefficient (Wildman–Crippen LogP) is 15.4. The molecule has 0 saturated heterocycles. The Balaban J connectivity index is 1.06. The van der Waals surface area contributed by atoms with Crippen molar-refractivity contribution < 1.29 is 4.42 Å². The number of hydrogen-bond donors (Lipinski definition) is 0. The molecule has 0 saturated carbocycles. The van der Waals surface area contributed by atoms with Crippen LogP contribution in [0.2, 0.25) is 0 Å². The number of nitrogens with zero attached hydrogens (tertiary/aromatic N) is 3. The summed E-state index contributed by atoms with van der Waals surface area (Å²) in [4.78, 5) is 10.2.